The van der Waals surface area contributed by atoms with Crippen LogP contribution in [0.4, 0.5) is 5.69 Å². The summed E-state index contributed by atoms with van der Waals surface area (Å²) < 4.78 is 5.09. The molecule has 0 spiro atoms. The molecule has 0 fully saturated rings. The molecule has 1 aromatic rings. The highest BCUT2D eigenvalue weighted by Gasteiger charge is 2.15. The topological polar surface area (TPSA) is 109 Å². The van der Waals surface area contributed by atoms with E-state index in [-0.39, 0.29) is 18.4 Å². The summed E-state index contributed by atoms with van der Waals surface area (Å²) in [6.45, 7) is 5.45. The first-order valence-corrected chi connectivity index (χ1v) is 7.94. The van der Waals surface area contributed by atoms with E-state index >= 15 is 0 Å². The molecule has 1 rings (SSSR count). The van der Waals surface area contributed by atoms with Gasteiger partial charge in [0.15, 0.2) is 0 Å². The minimum atomic E-state index is -0.937. The summed E-state index contributed by atoms with van der Waals surface area (Å²) in [6, 6.07) is 6.78. The number of ether oxygens (including phenoxy) is 1. The van der Waals surface area contributed by atoms with E-state index in [9.17, 15) is 14.4 Å². The molecule has 0 aliphatic rings. The molecule has 25 heavy (non-hydrogen) atoms. The minimum Gasteiger partial charge on any atom is -0.495 e. The minimum absolute atomic E-state index is 0.0404. The van der Waals surface area contributed by atoms with Crippen molar-refractivity contribution in [2.24, 2.45) is 5.10 Å². The summed E-state index contributed by atoms with van der Waals surface area (Å²) in [5.41, 5.74) is 2.89. The Hall–Kier alpha value is -2.90. The van der Waals surface area contributed by atoms with Crippen LogP contribution in [0.3, 0.4) is 0 Å². The lowest BCUT2D eigenvalue weighted by atomic mass is 10.2. The smallest absolute Gasteiger partial charge is 0.329 e. The van der Waals surface area contributed by atoms with Gasteiger partial charge >= 0.3 is 11.8 Å². The van der Waals surface area contributed by atoms with E-state index < -0.39 is 11.8 Å². The third-order valence-corrected chi connectivity index (χ3v) is 3.35. The zero-order valence-electron chi connectivity index (χ0n) is 14.9. The standard InChI is InChI=1S/C17H24N4O4/c1-5-11(2)18-15(22)10-12(3)20-21-17(24)16(23)19-13-8-6-7-9-14(13)25-4/h6-9,11H,5,10H2,1-4H3,(H,18,22)(H,19,23)(H,21,24)/b20-12+. The summed E-state index contributed by atoms with van der Waals surface area (Å²) in [5, 5.41) is 8.99. The zero-order chi connectivity index (χ0) is 18.8. The Labute approximate surface area is 147 Å². The lowest BCUT2D eigenvalue weighted by Crippen LogP contribution is -2.35. The molecule has 3 amide bonds. The quantitative estimate of drug-likeness (QED) is 0.393. The van der Waals surface area contributed by atoms with Gasteiger partial charge in [0.2, 0.25) is 5.91 Å². The zero-order valence-corrected chi connectivity index (χ0v) is 14.9. The van der Waals surface area contributed by atoms with E-state index in [2.05, 4.69) is 21.2 Å². The highest BCUT2D eigenvalue weighted by Crippen LogP contribution is 2.22. The van der Waals surface area contributed by atoms with Gasteiger partial charge in [-0.1, -0.05) is 19.1 Å². The van der Waals surface area contributed by atoms with Gasteiger partial charge in [0.1, 0.15) is 5.75 Å². The van der Waals surface area contributed by atoms with Gasteiger partial charge in [-0.3, -0.25) is 14.4 Å². The summed E-state index contributed by atoms with van der Waals surface area (Å²) >= 11 is 0. The fourth-order valence-corrected chi connectivity index (χ4v) is 1.82. The first-order chi connectivity index (χ1) is 11.9. The van der Waals surface area contributed by atoms with Crippen LogP contribution < -0.4 is 20.8 Å². The van der Waals surface area contributed by atoms with Gasteiger partial charge in [-0.05, 0) is 32.4 Å². The summed E-state index contributed by atoms with van der Waals surface area (Å²) in [5.74, 6) is -1.58. The number of rotatable bonds is 7. The number of nitrogens with one attached hydrogen (secondary N) is 3. The fourth-order valence-electron chi connectivity index (χ4n) is 1.82. The van der Waals surface area contributed by atoms with E-state index in [0.29, 0.717) is 17.1 Å². The largest absolute Gasteiger partial charge is 0.495 e. The SMILES string of the molecule is CCC(C)NC(=O)C/C(C)=N/NC(=O)C(=O)Nc1ccccc1OC. The average molecular weight is 348 g/mol. The third-order valence-electron chi connectivity index (χ3n) is 3.35. The van der Waals surface area contributed by atoms with Crippen LogP contribution in [0, 0.1) is 0 Å². The Morgan fingerprint density at radius 2 is 1.88 bits per heavy atom. The maximum atomic E-state index is 11.9. The van der Waals surface area contributed by atoms with E-state index in [1.54, 1.807) is 31.2 Å². The molecule has 0 radical (unpaired) electrons. The maximum absolute atomic E-state index is 11.9. The molecule has 0 aliphatic heterocycles. The molecule has 0 saturated carbocycles. The van der Waals surface area contributed by atoms with Crippen LogP contribution in [-0.4, -0.2) is 36.6 Å². The Morgan fingerprint density at radius 3 is 2.52 bits per heavy atom. The van der Waals surface area contributed by atoms with Crippen LogP contribution in [0.5, 0.6) is 5.75 Å². The lowest BCUT2D eigenvalue weighted by Gasteiger charge is -2.11. The van der Waals surface area contributed by atoms with E-state index in [0.717, 1.165) is 6.42 Å². The van der Waals surface area contributed by atoms with Crippen LogP contribution in [-0.2, 0) is 14.4 Å². The third kappa shape index (κ3) is 7.03. The second-order valence-corrected chi connectivity index (χ2v) is 5.50. The molecule has 0 aromatic heterocycles. The number of hydrogen-bond donors (Lipinski definition) is 3. The maximum Gasteiger partial charge on any atom is 0.329 e. The predicted octanol–water partition coefficient (Wildman–Crippen LogP) is 1.43. The number of anilines is 1. The van der Waals surface area contributed by atoms with E-state index in [1.807, 2.05) is 13.8 Å². The van der Waals surface area contributed by atoms with E-state index in [4.69, 9.17) is 4.74 Å². The fraction of sp³-hybridized carbons (Fsp3) is 0.412. The summed E-state index contributed by atoms with van der Waals surface area (Å²) in [7, 11) is 1.46. The van der Waals surface area contributed by atoms with Crippen LogP contribution >= 0.6 is 0 Å². The number of methoxy groups -OCH3 is 1. The van der Waals surface area contributed by atoms with Crippen molar-refractivity contribution >= 4 is 29.1 Å². The number of hydrogen-bond acceptors (Lipinski definition) is 5. The van der Waals surface area contributed by atoms with Crippen LogP contribution in [0.1, 0.15) is 33.6 Å². The van der Waals surface area contributed by atoms with Gasteiger partial charge in [-0.2, -0.15) is 5.10 Å². The summed E-state index contributed by atoms with van der Waals surface area (Å²) in [6.07, 6.45) is 0.862. The van der Waals surface area contributed by atoms with Gasteiger partial charge in [0.05, 0.1) is 19.2 Å². The van der Waals surface area contributed by atoms with Crippen LogP contribution in [0.25, 0.3) is 0 Å². The van der Waals surface area contributed by atoms with Crippen molar-refractivity contribution in [1.82, 2.24) is 10.7 Å². The highest BCUT2D eigenvalue weighted by atomic mass is 16.5. The Bertz CT molecular complexity index is 658. The number of benzene rings is 1. The lowest BCUT2D eigenvalue weighted by molar-refractivity contribution is -0.136. The van der Waals surface area contributed by atoms with Crippen molar-refractivity contribution < 1.29 is 19.1 Å². The molecule has 8 heteroatoms. The molecule has 0 aliphatic carbocycles. The van der Waals surface area contributed by atoms with Gasteiger partial charge in [-0.25, -0.2) is 5.43 Å². The normalized spacial score (nSPS) is 12.1. The first-order valence-electron chi connectivity index (χ1n) is 7.94. The molecule has 3 N–H and O–H groups in total. The van der Waals surface area contributed by atoms with Crippen molar-refractivity contribution in [3.63, 3.8) is 0 Å². The van der Waals surface area contributed by atoms with Crippen LogP contribution in [0.15, 0.2) is 29.4 Å². The molecule has 0 bridgehead atoms. The van der Waals surface area contributed by atoms with Crippen molar-refractivity contribution in [3.8, 4) is 5.75 Å². The number of amides is 3. The second-order valence-electron chi connectivity index (χ2n) is 5.50. The molecule has 1 aromatic carbocycles. The van der Waals surface area contributed by atoms with Crippen molar-refractivity contribution in [3.05, 3.63) is 24.3 Å². The van der Waals surface area contributed by atoms with Crippen LogP contribution in [0.2, 0.25) is 0 Å². The number of carbonyl (C=O) groups excluding carboxylic acids is 3. The molecular formula is C17H24N4O4. The summed E-state index contributed by atoms with van der Waals surface area (Å²) in [4.78, 5) is 35.4. The molecule has 0 saturated heterocycles. The van der Waals surface area contributed by atoms with Crippen molar-refractivity contribution in [2.75, 3.05) is 12.4 Å². The second kappa shape index (κ2) is 10.1. The Kier molecular flexibility index (Phi) is 8.11. The first kappa shape index (κ1) is 20.1. The van der Waals surface area contributed by atoms with E-state index in [1.165, 1.54) is 7.11 Å². The van der Waals surface area contributed by atoms with Crippen molar-refractivity contribution in [2.45, 2.75) is 39.7 Å². The molecule has 136 valence electrons. The van der Waals surface area contributed by atoms with Crippen molar-refractivity contribution in [1.29, 1.82) is 0 Å². The number of nitrogens with zero attached hydrogens (tertiary/aromatic N) is 1. The van der Waals surface area contributed by atoms with Gasteiger partial charge in [0.25, 0.3) is 0 Å². The van der Waals surface area contributed by atoms with Gasteiger partial charge in [-0.15, -0.1) is 0 Å². The Balaban J connectivity index is 2.54. The number of para-hydroxylation sites is 2. The molecule has 1 atom stereocenters. The number of hydrazone groups is 1. The predicted molar refractivity (Wildman–Crippen MR) is 95.4 cm³/mol. The van der Waals surface area contributed by atoms with Gasteiger partial charge in [0, 0.05) is 11.8 Å². The van der Waals surface area contributed by atoms with Gasteiger partial charge < -0.3 is 15.4 Å². The monoisotopic (exact) mass is 348 g/mol. The molecule has 0 heterocycles. The number of carbonyl (C=O) groups is 3. The Morgan fingerprint density at radius 1 is 1.20 bits per heavy atom. The molecular weight excluding hydrogens is 324 g/mol. The highest BCUT2D eigenvalue weighted by molar-refractivity contribution is 6.39. The molecule has 8 nitrogen and oxygen atoms in total. The average Bonchev–Trinajstić information content (AvgIpc) is 2.59. The molecule has 1 unspecified atom stereocenters.